The number of aromatic nitrogens is 2. The van der Waals surface area contributed by atoms with Gasteiger partial charge in [-0.05, 0) is 71.7 Å². The summed E-state index contributed by atoms with van der Waals surface area (Å²) in [5.41, 5.74) is 1.38. The maximum absolute atomic E-state index is 12.3. The van der Waals surface area contributed by atoms with Gasteiger partial charge in [0.15, 0.2) is 0 Å². The van der Waals surface area contributed by atoms with Crippen LogP contribution in [0.4, 0.5) is 5.69 Å². The van der Waals surface area contributed by atoms with Crippen LogP contribution in [0.15, 0.2) is 15.5 Å². The summed E-state index contributed by atoms with van der Waals surface area (Å²) in [5.74, 6) is 1.59. The van der Waals surface area contributed by atoms with E-state index in [1.165, 1.54) is 38.5 Å². The first-order chi connectivity index (χ1) is 9.68. The summed E-state index contributed by atoms with van der Waals surface area (Å²) in [6.45, 7) is 1.76. The van der Waals surface area contributed by atoms with Crippen molar-refractivity contribution >= 4 is 21.6 Å². The van der Waals surface area contributed by atoms with Gasteiger partial charge in [0.05, 0.1) is 11.9 Å². The Morgan fingerprint density at radius 3 is 2.70 bits per heavy atom. The maximum atomic E-state index is 12.3. The van der Waals surface area contributed by atoms with E-state index in [2.05, 4.69) is 26.3 Å². The topological polar surface area (TPSA) is 46.9 Å². The quantitative estimate of drug-likeness (QED) is 0.867. The third-order valence-electron chi connectivity index (χ3n) is 5.08. The van der Waals surface area contributed by atoms with Crippen molar-refractivity contribution in [2.45, 2.75) is 45.1 Å². The lowest BCUT2D eigenvalue weighted by Crippen LogP contribution is -2.26. The molecule has 0 spiro atoms. The van der Waals surface area contributed by atoms with E-state index >= 15 is 0 Å². The lowest BCUT2D eigenvalue weighted by atomic mass is 10.0. The van der Waals surface area contributed by atoms with E-state index in [0.29, 0.717) is 15.8 Å². The predicted molar refractivity (Wildman–Crippen MR) is 81.8 cm³/mol. The van der Waals surface area contributed by atoms with Crippen molar-refractivity contribution in [3.05, 3.63) is 21.0 Å². The van der Waals surface area contributed by atoms with Crippen molar-refractivity contribution in [2.75, 3.05) is 11.9 Å². The summed E-state index contributed by atoms with van der Waals surface area (Å²) in [5, 5.41) is 7.76. The second kappa shape index (κ2) is 4.58. The molecule has 3 aliphatic carbocycles. The minimum Gasteiger partial charge on any atom is -0.382 e. The molecule has 0 bridgehead atoms. The van der Waals surface area contributed by atoms with Gasteiger partial charge in [0.25, 0.3) is 5.56 Å². The maximum Gasteiger partial charge on any atom is 0.283 e. The Labute approximate surface area is 127 Å². The second-order valence-electron chi connectivity index (χ2n) is 6.79. The smallest absolute Gasteiger partial charge is 0.283 e. The van der Waals surface area contributed by atoms with Crippen LogP contribution < -0.4 is 10.9 Å². The Morgan fingerprint density at radius 2 is 2.10 bits per heavy atom. The van der Waals surface area contributed by atoms with Crippen LogP contribution in [0.1, 0.15) is 38.5 Å². The molecule has 0 atom stereocenters. The minimum absolute atomic E-state index is 0.00170. The monoisotopic (exact) mass is 337 g/mol. The van der Waals surface area contributed by atoms with Gasteiger partial charge in [0.1, 0.15) is 4.47 Å². The van der Waals surface area contributed by atoms with E-state index in [1.54, 1.807) is 10.9 Å². The van der Waals surface area contributed by atoms with Gasteiger partial charge in [-0.25, -0.2) is 4.68 Å². The molecule has 0 aromatic carbocycles. The number of nitrogens with one attached hydrogen (secondary N) is 1. The van der Waals surface area contributed by atoms with E-state index in [9.17, 15) is 4.79 Å². The zero-order chi connectivity index (χ0) is 13.7. The first kappa shape index (κ1) is 12.9. The molecule has 0 unspecified atom stereocenters. The molecule has 1 N–H and O–H groups in total. The predicted octanol–water partition coefficient (Wildman–Crippen LogP) is 3.02. The lowest BCUT2D eigenvalue weighted by Gasteiger charge is -2.17. The highest BCUT2D eigenvalue weighted by Gasteiger charge is 2.53. The summed E-state index contributed by atoms with van der Waals surface area (Å²) in [6, 6.07) is 0. The molecule has 0 saturated heterocycles. The molecule has 20 heavy (non-hydrogen) atoms. The Balaban J connectivity index is 1.47. The molecular formula is C15H20BrN3O. The molecule has 4 nitrogen and oxygen atoms in total. The summed E-state index contributed by atoms with van der Waals surface area (Å²) >= 11 is 3.45. The van der Waals surface area contributed by atoms with Gasteiger partial charge >= 0.3 is 0 Å². The van der Waals surface area contributed by atoms with Gasteiger partial charge in [-0.3, -0.25) is 4.79 Å². The number of nitrogens with zero attached hydrogens (tertiary/aromatic N) is 2. The molecule has 4 rings (SSSR count). The molecule has 3 aliphatic rings. The van der Waals surface area contributed by atoms with Gasteiger partial charge in [-0.2, -0.15) is 5.10 Å². The summed E-state index contributed by atoms with van der Waals surface area (Å²) in [7, 11) is 0. The van der Waals surface area contributed by atoms with Gasteiger partial charge in [0.2, 0.25) is 0 Å². The molecule has 3 saturated carbocycles. The average Bonchev–Trinajstić information content (AvgIpc) is 3.24. The van der Waals surface area contributed by atoms with Gasteiger partial charge < -0.3 is 5.32 Å². The molecule has 0 amide bonds. The highest BCUT2D eigenvalue weighted by Crippen LogP contribution is 2.61. The normalized spacial score (nSPS) is 23.6. The molecule has 0 radical (unpaired) electrons. The summed E-state index contributed by atoms with van der Waals surface area (Å²) in [6.07, 6.45) is 9.74. The van der Waals surface area contributed by atoms with Crippen molar-refractivity contribution in [2.24, 2.45) is 17.3 Å². The Bertz CT molecular complexity index is 585. The molecule has 1 aromatic heterocycles. The average molecular weight is 338 g/mol. The highest BCUT2D eigenvalue weighted by molar-refractivity contribution is 9.10. The van der Waals surface area contributed by atoms with Crippen LogP contribution in [0.3, 0.4) is 0 Å². The standard InChI is InChI=1S/C15H20BrN3O/c16-13-12(17-9-15(5-6-15)11-3-4-11)7-18-19(14(13)20)8-10-1-2-10/h7,10-11,17H,1-6,8-9H2. The van der Waals surface area contributed by atoms with E-state index < -0.39 is 0 Å². The van der Waals surface area contributed by atoms with Gasteiger partial charge in [0, 0.05) is 13.1 Å². The van der Waals surface area contributed by atoms with Crippen LogP contribution in [0, 0.1) is 17.3 Å². The van der Waals surface area contributed by atoms with E-state index in [4.69, 9.17) is 0 Å². The Kier molecular flexibility index (Phi) is 2.95. The summed E-state index contributed by atoms with van der Waals surface area (Å²) in [4.78, 5) is 12.3. The van der Waals surface area contributed by atoms with Crippen LogP contribution in [0.5, 0.6) is 0 Å². The highest BCUT2D eigenvalue weighted by atomic mass is 79.9. The summed E-state index contributed by atoms with van der Waals surface area (Å²) < 4.78 is 2.24. The Morgan fingerprint density at radius 1 is 1.35 bits per heavy atom. The molecule has 1 heterocycles. The molecule has 3 fully saturated rings. The second-order valence-corrected chi connectivity index (χ2v) is 7.59. The third kappa shape index (κ3) is 2.41. The van der Waals surface area contributed by atoms with Crippen molar-refractivity contribution in [1.82, 2.24) is 9.78 Å². The number of hydrogen-bond acceptors (Lipinski definition) is 3. The fourth-order valence-electron chi connectivity index (χ4n) is 3.12. The van der Waals surface area contributed by atoms with Crippen molar-refractivity contribution in [3.8, 4) is 0 Å². The molecule has 5 heteroatoms. The van der Waals surface area contributed by atoms with Crippen molar-refractivity contribution in [3.63, 3.8) is 0 Å². The van der Waals surface area contributed by atoms with Crippen LogP contribution in [-0.4, -0.2) is 16.3 Å². The first-order valence-corrected chi connectivity index (χ1v) is 8.47. The number of anilines is 1. The fraction of sp³-hybridized carbons (Fsp3) is 0.733. The zero-order valence-corrected chi connectivity index (χ0v) is 13.2. The number of rotatable bonds is 6. The third-order valence-corrected chi connectivity index (χ3v) is 5.85. The van der Waals surface area contributed by atoms with Crippen LogP contribution in [0.2, 0.25) is 0 Å². The van der Waals surface area contributed by atoms with Gasteiger partial charge in [-0.15, -0.1) is 0 Å². The largest absolute Gasteiger partial charge is 0.382 e. The lowest BCUT2D eigenvalue weighted by molar-refractivity contribution is 0.466. The van der Waals surface area contributed by atoms with E-state index in [-0.39, 0.29) is 5.56 Å². The van der Waals surface area contributed by atoms with Gasteiger partial charge in [-0.1, -0.05) is 0 Å². The zero-order valence-electron chi connectivity index (χ0n) is 11.6. The van der Waals surface area contributed by atoms with E-state index in [0.717, 1.165) is 24.7 Å². The minimum atomic E-state index is -0.00170. The Hall–Kier alpha value is -0.840. The number of hydrogen-bond donors (Lipinski definition) is 1. The first-order valence-electron chi connectivity index (χ1n) is 7.67. The fourth-order valence-corrected chi connectivity index (χ4v) is 3.57. The van der Waals surface area contributed by atoms with Crippen LogP contribution in [-0.2, 0) is 6.54 Å². The van der Waals surface area contributed by atoms with Crippen LogP contribution in [0.25, 0.3) is 0 Å². The SMILES string of the molecule is O=c1c(Br)c(NCC2(C3CC3)CC2)cnn1CC1CC1. The molecule has 0 aliphatic heterocycles. The molecule has 1 aromatic rings. The van der Waals surface area contributed by atoms with E-state index in [1.807, 2.05) is 0 Å². The van der Waals surface area contributed by atoms with Crippen LogP contribution >= 0.6 is 15.9 Å². The van der Waals surface area contributed by atoms with Crippen molar-refractivity contribution in [1.29, 1.82) is 0 Å². The molecular weight excluding hydrogens is 318 g/mol. The molecule has 108 valence electrons. The number of halogens is 1. The van der Waals surface area contributed by atoms with Crippen molar-refractivity contribution < 1.29 is 0 Å².